The summed E-state index contributed by atoms with van der Waals surface area (Å²) in [6, 6.07) is 12.1. The Bertz CT molecular complexity index is 613. The van der Waals surface area contributed by atoms with E-state index in [1.54, 1.807) is 18.9 Å². The van der Waals surface area contributed by atoms with Gasteiger partial charge in [-0.15, -0.1) is 0 Å². The molecule has 0 atom stereocenters. The molecule has 2 N–H and O–H groups in total. The topological polar surface area (TPSA) is 38.5 Å². The molecule has 1 aliphatic heterocycles. The third kappa shape index (κ3) is 1.69. The quantitative estimate of drug-likeness (QED) is 0.794. The highest BCUT2D eigenvalue weighted by Gasteiger charge is 2.21. The Balaban J connectivity index is 2.12. The van der Waals surface area contributed by atoms with Crippen LogP contribution in [0.2, 0.25) is 0 Å². The second-order valence-corrected chi connectivity index (χ2v) is 5.31. The fraction of sp³-hybridized carbons (Fsp3) is 0.143. The first-order valence-corrected chi connectivity index (χ1v) is 6.50. The molecular weight excluding hydrogens is 244 g/mol. The molecule has 0 spiro atoms. The normalized spacial score (nSPS) is 12.9. The van der Waals surface area contributed by atoms with Crippen LogP contribution in [0.4, 0.5) is 17.1 Å². The molecule has 1 aliphatic rings. The molecule has 3 nitrogen and oxygen atoms in total. The van der Waals surface area contributed by atoms with E-state index in [1.165, 1.54) is 21.2 Å². The highest BCUT2D eigenvalue weighted by atomic mass is 32.2. The second kappa shape index (κ2) is 4.14. The Hall–Kier alpha value is -1.81. The number of methoxy groups -OCH3 is 1. The minimum Gasteiger partial charge on any atom is -0.497 e. The van der Waals surface area contributed by atoms with Crippen LogP contribution in [0.25, 0.3) is 0 Å². The molecule has 0 fully saturated rings. The van der Waals surface area contributed by atoms with Gasteiger partial charge in [0.15, 0.2) is 0 Å². The number of hydrogen-bond acceptors (Lipinski definition) is 4. The lowest BCUT2D eigenvalue weighted by Crippen LogP contribution is -2.14. The fourth-order valence-electron chi connectivity index (χ4n) is 2.12. The van der Waals surface area contributed by atoms with E-state index in [1.807, 2.05) is 18.2 Å². The first-order valence-electron chi connectivity index (χ1n) is 5.68. The van der Waals surface area contributed by atoms with Crippen molar-refractivity contribution in [2.75, 3.05) is 24.8 Å². The molecule has 0 bridgehead atoms. The van der Waals surface area contributed by atoms with Crippen molar-refractivity contribution in [3.8, 4) is 5.75 Å². The summed E-state index contributed by atoms with van der Waals surface area (Å²) in [4.78, 5) is 4.55. The van der Waals surface area contributed by atoms with Gasteiger partial charge in [-0.05, 0) is 36.4 Å². The molecule has 0 aromatic heterocycles. The lowest BCUT2D eigenvalue weighted by molar-refractivity contribution is 0.413. The number of hydrogen-bond donors (Lipinski definition) is 1. The molecule has 2 aromatic rings. The van der Waals surface area contributed by atoms with Crippen molar-refractivity contribution in [3.63, 3.8) is 0 Å². The predicted molar refractivity (Wildman–Crippen MR) is 76.0 cm³/mol. The van der Waals surface area contributed by atoms with Crippen LogP contribution in [0.15, 0.2) is 46.2 Å². The number of ether oxygens (including phenoxy) is 1. The summed E-state index contributed by atoms with van der Waals surface area (Å²) in [5.74, 6) is 0.877. The molecule has 4 heteroatoms. The van der Waals surface area contributed by atoms with Crippen LogP contribution in [0.3, 0.4) is 0 Å². The summed E-state index contributed by atoms with van der Waals surface area (Å²) in [5, 5.41) is 0. The Labute approximate surface area is 111 Å². The monoisotopic (exact) mass is 258 g/mol. The number of rotatable bonds is 1. The van der Waals surface area contributed by atoms with Gasteiger partial charge < -0.3 is 15.4 Å². The largest absolute Gasteiger partial charge is 0.497 e. The van der Waals surface area contributed by atoms with E-state index in [0.29, 0.717) is 0 Å². The van der Waals surface area contributed by atoms with Crippen molar-refractivity contribution in [2.45, 2.75) is 9.79 Å². The van der Waals surface area contributed by atoms with E-state index in [9.17, 15) is 0 Å². The Morgan fingerprint density at radius 1 is 1.06 bits per heavy atom. The maximum absolute atomic E-state index is 5.85. The lowest BCUT2D eigenvalue weighted by atomic mass is 10.2. The summed E-state index contributed by atoms with van der Waals surface area (Å²) >= 11 is 1.73. The van der Waals surface area contributed by atoms with Gasteiger partial charge in [-0.2, -0.15) is 0 Å². The van der Waals surface area contributed by atoms with Crippen LogP contribution < -0.4 is 15.4 Å². The predicted octanol–water partition coefficient (Wildman–Crippen LogP) is 3.51. The number of fused-ring (bicyclic) bond motifs is 2. The molecule has 3 rings (SSSR count). The van der Waals surface area contributed by atoms with Crippen LogP contribution in [0, 0.1) is 0 Å². The highest BCUT2D eigenvalue weighted by molar-refractivity contribution is 7.99. The standard InChI is InChI=1S/C14H14N2OS/c1-16-11-5-3-9(15)7-13(11)18-14-8-10(17-2)4-6-12(14)16/h3-8H,15H2,1-2H3. The van der Waals surface area contributed by atoms with Crippen LogP contribution in [-0.2, 0) is 0 Å². The van der Waals surface area contributed by atoms with Crippen molar-refractivity contribution >= 4 is 28.8 Å². The molecule has 18 heavy (non-hydrogen) atoms. The molecule has 0 saturated carbocycles. The van der Waals surface area contributed by atoms with E-state index in [-0.39, 0.29) is 0 Å². The van der Waals surface area contributed by atoms with E-state index >= 15 is 0 Å². The highest BCUT2D eigenvalue weighted by Crippen LogP contribution is 2.48. The van der Waals surface area contributed by atoms with E-state index < -0.39 is 0 Å². The van der Waals surface area contributed by atoms with Gasteiger partial charge in [0.05, 0.1) is 18.5 Å². The number of benzene rings is 2. The first-order chi connectivity index (χ1) is 8.69. The molecule has 0 amide bonds. The van der Waals surface area contributed by atoms with Gasteiger partial charge in [0.25, 0.3) is 0 Å². The first kappa shape index (κ1) is 11.3. The third-order valence-corrected chi connectivity index (χ3v) is 4.19. The van der Waals surface area contributed by atoms with Crippen molar-refractivity contribution < 1.29 is 4.74 Å². The summed E-state index contributed by atoms with van der Waals surface area (Å²) in [6.07, 6.45) is 0. The minimum absolute atomic E-state index is 0.793. The van der Waals surface area contributed by atoms with E-state index in [0.717, 1.165) is 11.4 Å². The summed E-state index contributed by atoms with van der Waals surface area (Å²) in [7, 11) is 3.75. The number of nitrogens with two attached hydrogens (primary N) is 1. The van der Waals surface area contributed by atoms with Gasteiger partial charge in [-0.3, -0.25) is 0 Å². The molecule has 0 aliphatic carbocycles. The third-order valence-electron chi connectivity index (χ3n) is 3.09. The maximum atomic E-state index is 5.85. The summed E-state index contributed by atoms with van der Waals surface area (Å²) < 4.78 is 5.27. The van der Waals surface area contributed by atoms with Crippen molar-refractivity contribution in [3.05, 3.63) is 36.4 Å². The number of anilines is 3. The Morgan fingerprint density at radius 3 is 2.44 bits per heavy atom. The molecule has 0 unspecified atom stereocenters. The molecule has 0 saturated heterocycles. The average molecular weight is 258 g/mol. The SMILES string of the molecule is COc1ccc2c(c1)Sc1cc(N)ccc1N2C. The molecule has 2 aromatic carbocycles. The Morgan fingerprint density at radius 2 is 1.72 bits per heavy atom. The zero-order valence-corrected chi connectivity index (χ0v) is 11.1. The zero-order valence-electron chi connectivity index (χ0n) is 10.3. The summed E-state index contributed by atoms with van der Waals surface area (Å²) in [5.41, 5.74) is 9.02. The smallest absolute Gasteiger partial charge is 0.120 e. The molecule has 1 heterocycles. The number of nitrogens with zero attached hydrogens (tertiary/aromatic N) is 1. The fourth-order valence-corrected chi connectivity index (χ4v) is 3.34. The van der Waals surface area contributed by atoms with E-state index in [4.69, 9.17) is 10.5 Å². The summed E-state index contributed by atoms with van der Waals surface area (Å²) in [6.45, 7) is 0. The van der Waals surface area contributed by atoms with Crippen LogP contribution in [0.5, 0.6) is 5.75 Å². The van der Waals surface area contributed by atoms with E-state index in [2.05, 4.69) is 30.1 Å². The van der Waals surface area contributed by atoms with Gasteiger partial charge in [-0.25, -0.2) is 0 Å². The lowest BCUT2D eigenvalue weighted by Gasteiger charge is -2.29. The molecule has 92 valence electrons. The minimum atomic E-state index is 0.793. The van der Waals surface area contributed by atoms with Gasteiger partial charge in [0.2, 0.25) is 0 Å². The molecule has 0 radical (unpaired) electrons. The van der Waals surface area contributed by atoms with Gasteiger partial charge >= 0.3 is 0 Å². The van der Waals surface area contributed by atoms with Gasteiger partial charge in [0, 0.05) is 22.5 Å². The zero-order chi connectivity index (χ0) is 12.7. The molecular formula is C14H14N2OS. The second-order valence-electron chi connectivity index (χ2n) is 4.22. The van der Waals surface area contributed by atoms with Crippen LogP contribution in [-0.4, -0.2) is 14.2 Å². The Kier molecular flexibility index (Phi) is 2.59. The van der Waals surface area contributed by atoms with Crippen LogP contribution in [0.1, 0.15) is 0 Å². The van der Waals surface area contributed by atoms with Crippen molar-refractivity contribution in [1.82, 2.24) is 0 Å². The van der Waals surface area contributed by atoms with Crippen LogP contribution >= 0.6 is 11.8 Å². The van der Waals surface area contributed by atoms with Gasteiger partial charge in [-0.1, -0.05) is 11.8 Å². The van der Waals surface area contributed by atoms with Gasteiger partial charge in [0.1, 0.15) is 5.75 Å². The maximum Gasteiger partial charge on any atom is 0.120 e. The van der Waals surface area contributed by atoms with Crippen molar-refractivity contribution in [1.29, 1.82) is 0 Å². The average Bonchev–Trinajstić information content (AvgIpc) is 2.38. The van der Waals surface area contributed by atoms with Crippen molar-refractivity contribution in [2.24, 2.45) is 0 Å². The number of nitrogen functional groups attached to an aromatic ring is 1.